The maximum atomic E-state index is 11.6. The second-order valence-corrected chi connectivity index (χ2v) is 5.16. The largest absolute Gasteiger partial charge is 0.368 e. The lowest BCUT2D eigenvalue weighted by atomic mass is 9.98. The van der Waals surface area contributed by atoms with Gasteiger partial charge in [-0.05, 0) is 39.2 Å². The second-order valence-electron chi connectivity index (χ2n) is 5.16. The molecule has 1 fully saturated rings. The number of anilines is 1. The van der Waals surface area contributed by atoms with Gasteiger partial charge in [0.1, 0.15) is 6.04 Å². The number of hydrogen-bond acceptors (Lipinski definition) is 4. The van der Waals surface area contributed by atoms with Crippen LogP contribution in [-0.4, -0.2) is 23.5 Å². The number of hydrogen-bond donors (Lipinski definition) is 2. The van der Waals surface area contributed by atoms with Crippen LogP contribution in [0.3, 0.4) is 0 Å². The first-order chi connectivity index (χ1) is 9.04. The van der Waals surface area contributed by atoms with Crippen LogP contribution >= 0.6 is 0 Å². The van der Waals surface area contributed by atoms with Crippen LogP contribution in [0.5, 0.6) is 0 Å². The van der Waals surface area contributed by atoms with E-state index in [0.717, 1.165) is 48.4 Å². The molecule has 1 aliphatic rings. The highest BCUT2D eigenvalue weighted by molar-refractivity contribution is 5.84. The Morgan fingerprint density at radius 1 is 1.47 bits per heavy atom. The third-order valence-corrected chi connectivity index (χ3v) is 3.78. The Labute approximate surface area is 114 Å². The van der Waals surface area contributed by atoms with Crippen LogP contribution in [-0.2, 0) is 11.3 Å². The van der Waals surface area contributed by atoms with E-state index in [-0.39, 0.29) is 11.9 Å². The quantitative estimate of drug-likeness (QED) is 0.851. The van der Waals surface area contributed by atoms with Gasteiger partial charge in [0.2, 0.25) is 5.91 Å². The van der Waals surface area contributed by atoms with E-state index in [1.807, 2.05) is 19.9 Å². The zero-order chi connectivity index (χ0) is 14.0. The third-order valence-electron chi connectivity index (χ3n) is 3.78. The van der Waals surface area contributed by atoms with E-state index in [9.17, 15) is 4.79 Å². The van der Waals surface area contributed by atoms with Crippen LogP contribution in [0.2, 0.25) is 0 Å². The monoisotopic (exact) mass is 262 g/mol. The van der Waals surface area contributed by atoms with Gasteiger partial charge >= 0.3 is 0 Å². The molecule has 0 aromatic carbocycles. The SMILES string of the molecule is Cc1cc(N2CCCCC2C(N)=O)c(CN)c(C)n1. The van der Waals surface area contributed by atoms with Crippen LogP contribution in [0.25, 0.3) is 0 Å². The number of pyridine rings is 1. The van der Waals surface area contributed by atoms with Crippen molar-refractivity contribution in [1.29, 1.82) is 0 Å². The van der Waals surface area contributed by atoms with E-state index in [1.54, 1.807) is 0 Å². The number of carbonyl (C=O) groups excluding carboxylic acids is 1. The molecule has 1 aromatic heterocycles. The zero-order valence-electron chi connectivity index (χ0n) is 11.6. The maximum Gasteiger partial charge on any atom is 0.240 e. The van der Waals surface area contributed by atoms with Gasteiger partial charge in [-0.25, -0.2) is 0 Å². The first kappa shape index (κ1) is 13.8. The minimum Gasteiger partial charge on any atom is -0.368 e. The van der Waals surface area contributed by atoms with E-state index in [4.69, 9.17) is 11.5 Å². The lowest BCUT2D eigenvalue weighted by molar-refractivity contribution is -0.119. The molecule has 1 amide bonds. The summed E-state index contributed by atoms with van der Waals surface area (Å²) >= 11 is 0. The molecular formula is C14H22N4O. The molecule has 1 atom stereocenters. The highest BCUT2D eigenvalue weighted by Gasteiger charge is 2.29. The normalized spacial score (nSPS) is 19.5. The molecule has 0 bridgehead atoms. The topological polar surface area (TPSA) is 85.2 Å². The van der Waals surface area contributed by atoms with Crippen molar-refractivity contribution in [3.8, 4) is 0 Å². The summed E-state index contributed by atoms with van der Waals surface area (Å²) in [4.78, 5) is 18.2. The minimum absolute atomic E-state index is 0.222. The molecule has 1 aliphatic heterocycles. The molecule has 0 radical (unpaired) electrons. The molecular weight excluding hydrogens is 240 g/mol. The van der Waals surface area contributed by atoms with Gasteiger partial charge in [-0.15, -0.1) is 0 Å². The molecule has 1 saturated heterocycles. The summed E-state index contributed by atoms with van der Waals surface area (Å²) in [7, 11) is 0. The van der Waals surface area contributed by atoms with E-state index >= 15 is 0 Å². The molecule has 0 spiro atoms. The Balaban J connectivity index is 2.46. The van der Waals surface area contributed by atoms with Crippen molar-refractivity contribution in [2.45, 2.75) is 45.7 Å². The number of rotatable bonds is 3. The lowest BCUT2D eigenvalue weighted by Gasteiger charge is -2.37. The first-order valence-electron chi connectivity index (χ1n) is 6.77. The molecule has 2 rings (SSSR count). The Hall–Kier alpha value is -1.62. The predicted octanol–water partition coefficient (Wildman–Crippen LogP) is 1.00. The average molecular weight is 262 g/mol. The van der Waals surface area contributed by atoms with Crippen molar-refractivity contribution in [2.75, 3.05) is 11.4 Å². The van der Waals surface area contributed by atoms with Crippen molar-refractivity contribution in [2.24, 2.45) is 11.5 Å². The fraction of sp³-hybridized carbons (Fsp3) is 0.571. The van der Waals surface area contributed by atoms with Gasteiger partial charge in [0.15, 0.2) is 0 Å². The lowest BCUT2D eigenvalue weighted by Crippen LogP contribution is -2.48. The van der Waals surface area contributed by atoms with Gasteiger partial charge in [0.05, 0.1) is 0 Å². The summed E-state index contributed by atoms with van der Waals surface area (Å²) in [5.74, 6) is -0.255. The van der Waals surface area contributed by atoms with Crippen molar-refractivity contribution in [3.05, 3.63) is 23.0 Å². The Morgan fingerprint density at radius 2 is 2.21 bits per heavy atom. The summed E-state index contributed by atoms with van der Waals surface area (Å²) in [5.41, 5.74) is 15.3. The van der Waals surface area contributed by atoms with Crippen LogP contribution in [0.4, 0.5) is 5.69 Å². The Kier molecular flexibility index (Phi) is 4.04. The van der Waals surface area contributed by atoms with Crippen LogP contribution in [0.1, 0.15) is 36.2 Å². The zero-order valence-corrected chi connectivity index (χ0v) is 11.6. The standard InChI is InChI=1S/C14H22N4O/c1-9-7-13(11(8-15)10(2)17-9)18-6-4-3-5-12(18)14(16)19/h7,12H,3-6,8,15H2,1-2H3,(H2,16,19). The number of carbonyl (C=O) groups is 1. The minimum atomic E-state index is -0.255. The number of aromatic nitrogens is 1. The number of piperidine rings is 1. The number of nitrogens with zero attached hydrogens (tertiary/aromatic N) is 2. The second kappa shape index (κ2) is 5.57. The maximum absolute atomic E-state index is 11.6. The molecule has 2 heterocycles. The molecule has 1 unspecified atom stereocenters. The fourth-order valence-corrected chi connectivity index (χ4v) is 2.86. The average Bonchev–Trinajstić information content (AvgIpc) is 2.37. The highest BCUT2D eigenvalue weighted by atomic mass is 16.1. The smallest absolute Gasteiger partial charge is 0.240 e. The molecule has 0 aliphatic carbocycles. The number of nitrogens with two attached hydrogens (primary N) is 2. The van der Waals surface area contributed by atoms with E-state index < -0.39 is 0 Å². The number of aryl methyl sites for hydroxylation is 2. The summed E-state index contributed by atoms with van der Waals surface area (Å²) < 4.78 is 0. The van der Waals surface area contributed by atoms with E-state index in [1.165, 1.54) is 0 Å². The predicted molar refractivity (Wildman–Crippen MR) is 75.8 cm³/mol. The van der Waals surface area contributed by atoms with Gasteiger partial charge in [-0.3, -0.25) is 9.78 Å². The summed E-state index contributed by atoms with van der Waals surface area (Å²) in [5, 5.41) is 0. The molecule has 4 N–H and O–H groups in total. The van der Waals surface area contributed by atoms with Gasteiger partial charge in [0.25, 0.3) is 0 Å². The van der Waals surface area contributed by atoms with Gasteiger partial charge in [0, 0.05) is 35.7 Å². The van der Waals surface area contributed by atoms with Gasteiger partial charge in [-0.1, -0.05) is 0 Å². The van der Waals surface area contributed by atoms with Crippen molar-refractivity contribution in [1.82, 2.24) is 4.98 Å². The van der Waals surface area contributed by atoms with Crippen LogP contribution in [0.15, 0.2) is 6.07 Å². The van der Waals surface area contributed by atoms with Crippen molar-refractivity contribution >= 4 is 11.6 Å². The first-order valence-corrected chi connectivity index (χ1v) is 6.77. The van der Waals surface area contributed by atoms with E-state index in [0.29, 0.717) is 6.54 Å². The summed E-state index contributed by atoms with van der Waals surface area (Å²) in [6.45, 7) is 5.20. The number of amides is 1. The van der Waals surface area contributed by atoms with Gasteiger partial charge in [-0.2, -0.15) is 0 Å². The van der Waals surface area contributed by atoms with Crippen molar-refractivity contribution < 1.29 is 4.79 Å². The fourth-order valence-electron chi connectivity index (χ4n) is 2.86. The highest BCUT2D eigenvalue weighted by Crippen LogP contribution is 2.29. The summed E-state index contributed by atoms with van der Waals surface area (Å²) in [6.07, 6.45) is 2.94. The summed E-state index contributed by atoms with van der Waals surface area (Å²) in [6, 6.07) is 1.79. The molecule has 104 valence electrons. The van der Waals surface area contributed by atoms with Crippen LogP contribution in [0, 0.1) is 13.8 Å². The van der Waals surface area contributed by atoms with Gasteiger partial charge < -0.3 is 16.4 Å². The number of primary amides is 1. The molecule has 1 aromatic rings. The molecule has 19 heavy (non-hydrogen) atoms. The van der Waals surface area contributed by atoms with E-state index in [2.05, 4.69) is 9.88 Å². The molecule has 5 nitrogen and oxygen atoms in total. The molecule has 0 saturated carbocycles. The Bertz CT molecular complexity index is 487. The Morgan fingerprint density at radius 3 is 2.84 bits per heavy atom. The van der Waals surface area contributed by atoms with Crippen molar-refractivity contribution in [3.63, 3.8) is 0 Å². The molecule has 5 heteroatoms. The van der Waals surface area contributed by atoms with Crippen LogP contribution < -0.4 is 16.4 Å². The third kappa shape index (κ3) is 2.71.